The predicted molar refractivity (Wildman–Crippen MR) is 163 cm³/mol. The maximum Gasteiger partial charge on any atom is 0.404 e. The highest BCUT2D eigenvalue weighted by Crippen LogP contribution is 2.30. The Morgan fingerprint density at radius 1 is 1.09 bits per heavy atom. The molecule has 0 unspecified atom stereocenters. The Labute approximate surface area is 257 Å². The van der Waals surface area contributed by atoms with Crippen molar-refractivity contribution in [2.75, 3.05) is 18.4 Å². The number of rotatable bonds is 6. The largest absolute Gasteiger partial charge is 0.465 e. The number of benzene rings is 2. The summed E-state index contributed by atoms with van der Waals surface area (Å²) in [6.07, 6.45) is 5.35. The number of nitrogens with zero attached hydrogens (tertiary/aromatic N) is 5. The lowest BCUT2D eigenvalue weighted by Gasteiger charge is -2.22. The van der Waals surface area contributed by atoms with Crippen molar-refractivity contribution < 1.29 is 14.7 Å². The van der Waals surface area contributed by atoms with Crippen LogP contribution >= 0.6 is 23.2 Å². The Hall–Kier alpha value is -4.42. The lowest BCUT2D eigenvalue weighted by Crippen LogP contribution is -2.42. The molecule has 12 nitrogen and oxygen atoms in total. The normalized spacial score (nSPS) is 17.5. The fourth-order valence-electron chi connectivity index (χ4n) is 5.14. The van der Waals surface area contributed by atoms with E-state index < -0.39 is 12.1 Å². The topological polar surface area (TPSA) is 156 Å². The van der Waals surface area contributed by atoms with Crippen LogP contribution in [0.4, 0.5) is 10.5 Å². The van der Waals surface area contributed by atoms with E-state index in [1.54, 1.807) is 35.3 Å². The second-order valence-corrected chi connectivity index (χ2v) is 11.0. The Balaban J connectivity index is 1.47. The molecule has 3 heterocycles. The second kappa shape index (κ2) is 13.7. The molecule has 0 saturated heterocycles. The number of hydrogen-bond acceptors (Lipinski definition) is 7. The fraction of sp³-hybridized carbons (Fsp3) is 0.310. The number of amides is 2. The third-order valence-electron chi connectivity index (χ3n) is 7.21. The van der Waals surface area contributed by atoms with Gasteiger partial charge in [0.1, 0.15) is 6.04 Å². The van der Waals surface area contributed by atoms with Crippen LogP contribution < -0.4 is 21.5 Å². The Kier molecular flexibility index (Phi) is 9.58. The first kappa shape index (κ1) is 30.1. The molecular formula is C29H30Cl2N8O4. The SMILES string of the molecule is O=C(O)NCC[C@@H]1Nc2cccc(c2)[C@@H](n2cnc(-c3cc(Cl)ccc3-n3cc(Cl)nn3)cc2=O)CCCCCNC1=O. The third kappa shape index (κ3) is 7.51. The van der Waals surface area contributed by atoms with Crippen molar-refractivity contribution in [1.29, 1.82) is 0 Å². The minimum Gasteiger partial charge on any atom is -0.465 e. The van der Waals surface area contributed by atoms with Crippen LogP contribution in [0.15, 0.2) is 65.8 Å². The van der Waals surface area contributed by atoms with Crippen molar-refractivity contribution in [3.8, 4) is 16.9 Å². The predicted octanol–water partition coefficient (Wildman–Crippen LogP) is 4.52. The van der Waals surface area contributed by atoms with Gasteiger partial charge in [-0.15, -0.1) is 5.10 Å². The van der Waals surface area contributed by atoms with Gasteiger partial charge in [0.15, 0.2) is 5.15 Å². The first-order valence-corrected chi connectivity index (χ1v) is 14.6. The van der Waals surface area contributed by atoms with Gasteiger partial charge in [-0.3, -0.25) is 14.2 Å². The summed E-state index contributed by atoms with van der Waals surface area (Å²) in [4.78, 5) is 42.1. The lowest BCUT2D eigenvalue weighted by atomic mass is 9.99. The minimum absolute atomic E-state index is 0.119. The summed E-state index contributed by atoms with van der Waals surface area (Å²) in [7, 11) is 0. The molecule has 5 rings (SSSR count). The van der Waals surface area contributed by atoms with E-state index >= 15 is 0 Å². The monoisotopic (exact) mass is 624 g/mol. The van der Waals surface area contributed by atoms with E-state index in [1.807, 2.05) is 24.3 Å². The average molecular weight is 626 g/mol. The van der Waals surface area contributed by atoms with Gasteiger partial charge >= 0.3 is 6.09 Å². The van der Waals surface area contributed by atoms with Crippen LogP contribution in [-0.4, -0.2) is 60.8 Å². The van der Waals surface area contributed by atoms with E-state index in [1.165, 1.54) is 10.7 Å². The van der Waals surface area contributed by atoms with Gasteiger partial charge < -0.3 is 21.1 Å². The van der Waals surface area contributed by atoms with E-state index in [-0.39, 0.29) is 35.6 Å². The Bertz CT molecular complexity index is 1670. The first-order valence-electron chi connectivity index (χ1n) is 13.9. The molecule has 1 aliphatic heterocycles. The van der Waals surface area contributed by atoms with Crippen LogP contribution in [0.3, 0.4) is 0 Å². The molecule has 2 aromatic heterocycles. The number of fused-ring (bicyclic) bond motifs is 2. The number of aromatic nitrogens is 5. The standard InChI is InChI=1S/C29H30Cl2N8O4/c30-19-8-9-25(39-16-26(31)36-37-39)21(14-19)23-15-27(40)38(17-34-23)24-7-2-1-3-11-32-28(41)22(10-12-33-29(42)43)35-20-6-4-5-18(24)13-20/h4-6,8-9,13-17,22,24,33,35H,1-3,7,10-12H2,(H,32,41)(H,42,43)/t22-,24-/m0/s1. The van der Waals surface area contributed by atoms with Crippen LogP contribution in [0.25, 0.3) is 16.9 Å². The van der Waals surface area contributed by atoms with Crippen molar-refractivity contribution in [3.05, 3.63) is 87.1 Å². The van der Waals surface area contributed by atoms with Crippen molar-refractivity contribution in [2.45, 2.75) is 44.2 Å². The molecule has 2 bridgehead atoms. The maximum absolute atomic E-state index is 13.7. The molecule has 2 aromatic carbocycles. The first-order chi connectivity index (χ1) is 20.8. The van der Waals surface area contributed by atoms with Crippen molar-refractivity contribution in [3.63, 3.8) is 0 Å². The molecule has 0 fully saturated rings. The molecule has 14 heteroatoms. The smallest absolute Gasteiger partial charge is 0.404 e. The highest BCUT2D eigenvalue weighted by atomic mass is 35.5. The fourth-order valence-corrected chi connectivity index (χ4v) is 5.43. The van der Waals surface area contributed by atoms with E-state index in [4.69, 9.17) is 28.3 Å². The number of anilines is 1. The summed E-state index contributed by atoms with van der Waals surface area (Å²) in [5, 5.41) is 26.0. The van der Waals surface area contributed by atoms with Gasteiger partial charge in [-0.05, 0) is 55.2 Å². The van der Waals surface area contributed by atoms with Gasteiger partial charge in [0.05, 0.1) is 29.9 Å². The van der Waals surface area contributed by atoms with E-state index in [2.05, 4.69) is 31.2 Å². The van der Waals surface area contributed by atoms with Crippen LogP contribution in [0.1, 0.15) is 43.7 Å². The van der Waals surface area contributed by atoms with E-state index in [0.717, 1.165) is 24.8 Å². The number of carbonyl (C=O) groups is 2. The van der Waals surface area contributed by atoms with Gasteiger partial charge in [-0.25, -0.2) is 14.5 Å². The number of carbonyl (C=O) groups excluding carboxylic acids is 1. The zero-order valence-corrected chi connectivity index (χ0v) is 24.6. The molecule has 1 aliphatic rings. The molecule has 0 radical (unpaired) electrons. The highest BCUT2D eigenvalue weighted by molar-refractivity contribution is 6.31. The highest BCUT2D eigenvalue weighted by Gasteiger charge is 2.22. The summed E-state index contributed by atoms with van der Waals surface area (Å²) in [5.41, 5.74) is 2.96. The quantitative estimate of drug-likeness (QED) is 0.244. The lowest BCUT2D eigenvalue weighted by molar-refractivity contribution is -0.121. The molecular weight excluding hydrogens is 595 g/mol. The summed E-state index contributed by atoms with van der Waals surface area (Å²) < 4.78 is 3.12. The zero-order chi connectivity index (χ0) is 30.3. The summed E-state index contributed by atoms with van der Waals surface area (Å²) in [5.74, 6) is -0.196. The molecule has 0 saturated carbocycles. The molecule has 224 valence electrons. The number of carboxylic acid groups (broad SMARTS) is 1. The number of halogens is 2. The average Bonchev–Trinajstić information content (AvgIpc) is 3.42. The second-order valence-electron chi connectivity index (χ2n) is 10.2. The van der Waals surface area contributed by atoms with Gasteiger partial charge in [0.2, 0.25) is 5.91 Å². The van der Waals surface area contributed by atoms with Crippen LogP contribution in [0.2, 0.25) is 10.2 Å². The molecule has 2 atom stereocenters. The summed E-state index contributed by atoms with van der Waals surface area (Å²) in [6, 6.07) is 13.3. The van der Waals surface area contributed by atoms with Crippen molar-refractivity contribution in [1.82, 2.24) is 35.2 Å². The van der Waals surface area contributed by atoms with Gasteiger partial charge in [-0.2, -0.15) is 0 Å². The Morgan fingerprint density at radius 2 is 1.95 bits per heavy atom. The van der Waals surface area contributed by atoms with Gasteiger partial charge in [-0.1, -0.05) is 53.4 Å². The van der Waals surface area contributed by atoms with Gasteiger partial charge in [0, 0.05) is 35.4 Å². The zero-order valence-electron chi connectivity index (χ0n) is 23.0. The van der Waals surface area contributed by atoms with E-state index in [9.17, 15) is 14.4 Å². The minimum atomic E-state index is -1.14. The van der Waals surface area contributed by atoms with Crippen LogP contribution in [0, 0.1) is 0 Å². The maximum atomic E-state index is 13.7. The van der Waals surface area contributed by atoms with E-state index in [0.29, 0.717) is 40.6 Å². The molecule has 4 N–H and O–H groups in total. The molecule has 2 amide bonds. The molecule has 4 aromatic rings. The molecule has 0 spiro atoms. The van der Waals surface area contributed by atoms with Crippen LogP contribution in [0.5, 0.6) is 0 Å². The summed E-state index contributed by atoms with van der Waals surface area (Å²) in [6.45, 7) is 0.620. The molecule has 43 heavy (non-hydrogen) atoms. The third-order valence-corrected chi connectivity index (χ3v) is 7.62. The number of nitrogens with one attached hydrogen (secondary N) is 3. The Morgan fingerprint density at radius 3 is 2.72 bits per heavy atom. The van der Waals surface area contributed by atoms with Crippen LogP contribution in [-0.2, 0) is 4.79 Å². The summed E-state index contributed by atoms with van der Waals surface area (Å²) >= 11 is 12.3. The van der Waals surface area contributed by atoms with Crippen molar-refractivity contribution in [2.24, 2.45) is 0 Å². The van der Waals surface area contributed by atoms with Crippen molar-refractivity contribution >= 4 is 40.9 Å². The van der Waals surface area contributed by atoms with Gasteiger partial charge in [0.25, 0.3) is 5.56 Å². The molecule has 0 aliphatic carbocycles. The number of hydrogen-bond donors (Lipinski definition) is 4.